The molecule has 0 radical (unpaired) electrons. The highest BCUT2D eigenvalue weighted by atomic mass is 16.5. The summed E-state index contributed by atoms with van der Waals surface area (Å²) in [6, 6.07) is 16.0. The lowest BCUT2D eigenvalue weighted by atomic mass is 9.78. The van der Waals surface area contributed by atoms with Crippen LogP contribution in [0.4, 0.5) is 0 Å². The molecular formula is C21H25NO5. The lowest BCUT2D eigenvalue weighted by Crippen LogP contribution is -2.47. The van der Waals surface area contributed by atoms with E-state index in [1.165, 1.54) is 0 Å². The van der Waals surface area contributed by atoms with Crippen molar-refractivity contribution >= 4 is 11.9 Å². The van der Waals surface area contributed by atoms with E-state index in [-0.39, 0.29) is 13.2 Å². The van der Waals surface area contributed by atoms with E-state index in [1.807, 2.05) is 19.1 Å². The Bertz CT molecular complexity index is 762. The Hall–Kier alpha value is -3.02. The zero-order chi connectivity index (χ0) is 19.7. The largest absolute Gasteiger partial charge is 0.490 e. The van der Waals surface area contributed by atoms with Crippen molar-refractivity contribution in [1.29, 1.82) is 0 Å². The third-order valence-electron chi connectivity index (χ3n) is 4.43. The van der Waals surface area contributed by atoms with Gasteiger partial charge in [-0.05, 0) is 31.0 Å². The van der Waals surface area contributed by atoms with Crippen LogP contribution in [-0.2, 0) is 15.0 Å². The first-order chi connectivity index (χ1) is 13.0. The van der Waals surface area contributed by atoms with Crippen LogP contribution in [0.5, 0.6) is 11.5 Å². The summed E-state index contributed by atoms with van der Waals surface area (Å²) in [6.45, 7) is 3.91. The van der Waals surface area contributed by atoms with Crippen LogP contribution in [0.3, 0.4) is 0 Å². The molecule has 0 aromatic heterocycles. The van der Waals surface area contributed by atoms with Crippen LogP contribution in [0.15, 0.2) is 54.6 Å². The van der Waals surface area contributed by atoms with Gasteiger partial charge in [-0.3, -0.25) is 9.59 Å². The monoisotopic (exact) mass is 371 g/mol. The van der Waals surface area contributed by atoms with Crippen LogP contribution in [0.1, 0.15) is 25.8 Å². The number of benzene rings is 2. The van der Waals surface area contributed by atoms with E-state index in [0.717, 1.165) is 0 Å². The van der Waals surface area contributed by atoms with Gasteiger partial charge in [0.1, 0.15) is 5.41 Å². The normalized spacial score (nSPS) is 12.7. The second kappa shape index (κ2) is 9.62. The molecule has 2 N–H and O–H groups in total. The molecule has 2 aromatic rings. The molecule has 0 spiro atoms. The quantitative estimate of drug-likeness (QED) is 0.671. The SMILES string of the molecule is CCOc1ccccc1OCC(=O)NCC(CC)(C(=O)O)c1ccccc1. The van der Waals surface area contributed by atoms with Gasteiger partial charge in [-0.1, -0.05) is 49.4 Å². The average Bonchev–Trinajstić information content (AvgIpc) is 2.69. The number of carbonyl (C=O) groups is 2. The number of para-hydroxylation sites is 2. The first-order valence-electron chi connectivity index (χ1n) is 8.93. The molecule has 0 aliphatic carbocycles. The van der Waals surface area contributed by atoms with Crippen LogP contribution in [0.25, 0.3) is 0 Å². The molecule has 1 amide bonds. The van der Waals surface area contributed by atoms with E-state index in [1.54, 1.807) is 49.4 Å². The summed E-state index contributed by atoms with van der Waals surface area (Å²) in [5.74, 6) is -0.335. The summed E-state index contributed by atoms with van der Waals surface area (Å²) >= 11 is 0. The number of hydrogen-bond donors (Lipinski definition) is 2. The number of carboxylic acids is 1. The smallest absolute Gasteiger partial charge is 0.315 e. The van der Waals surface area contributed by atoms with Gasteiger partial charge in [0.05, 0.1) is 6.61 Å². The molecule has 1 atom stereocenters. The number of aliphatic carboxylic acids is 1. The molecule has 0 heterocycles. The summed E-state index contributed by atoms with van der Waals surface area (Å²) in [5.41, 5.74) is -0.525. The first kappa shape index (κ1) is 20.3. The average molecular weight is 371 g/mol. The van der Waals surface area contributed by atoms with Gasteiger partial charge in [-0.2, -0.15) is 0 Å². The lowest BCUT2D eigenvalue weighted by Gasteiger charge is -2.29. The Morgan fingerprint density at radius 2 is 1.56 bits per heavy atom. The van der Waals surface area contributed by atoms with Gasteiger partial charge in [0.25, 0.3) is 5.91 Å². The predicted octanol–water partition coefficient (Wildman–Crippen LogP) is 3.01. The fraction of sp³-hybridized carbons (Fsp3) is 0.333. The van der Waals surface area contributed by atoms with Gasteiger partial charge >= 0.3 is 5.97 Å². The van der Waals surface area contributed by atoms with Crippen LogP contribution in [-0.4, -0.2) is 36.7 Å². The van der Waals surface area contributed by atoms with Gasteiger partial charge in [0, 0.05) is 6.54 Å². The molecule has 0 bridgehead atoms. The minimum absolute atomic E-state index is 0.0157. The summed E-state index contributed by atoms with van der Waals surface area (Å²) in [5, 5.41) is 12.5. The highest BCUT2D eigenvalue weighted by Gasteiger charge is 2.38. The number of hydrogen-bond acceptors (Lipinski definition) is 4. The summed E-state index contributed by atoms with van der Waals surface area (Å²) in [4.78, 5) is 24.2. The maximum absolute atomic E-state index is 12.2. The van der Waals surface area contributed by atoms with Gasteiger partial charge in [0.15, 0.2) is 18.1 Å². The molecule has 6 nitrogen and oxygen atoms in total. The molecule has 27 heavy (non-hydrogen) atoms. The van der Waals surface area contributed by atoms with Crippen LogP contribution in [0.2, 0.25) is 0 Å². The fourth-order valence-electron chi connectivity index (χ4n) is 2.83. The minimum atomic E-state index is -1.18. The molecule has 0 fully saturated rings. The maximum atomic E-state index is 12.2. The lowest BCUT2D eigenvalue weighted by molar-refractivity contribution is -0.144. The van der Waals surface area contributed by atoms with Crippen molar-refractivity contribution in [2.75, 3.05) is 19.8 Å². The highest BCUT2D eigenvalue weighted by Crippen LogP contribution is 2.28. The second-order valence-corrected chi connectivity index (χ2v) is 6.05. The molecule has 144 valence electrons. The van der Waals surface area contributed by atoms with E-state index in [4.69, 9.17) is 9.47 Å². The Morgan fingerprint density at radius 3 is 2.11 bits per heavy atom. The molecule has 0 saturated heterocycles. The predicted molar refractivity (Wildman–Crippen MR) is 102 cm³/mol. The minimum Gasteiger partial charge on any atom is -0.490 e. The van der Waals surface area contributed by atoms with Crippen molar-refractivity contribution in [3.8, 4) is 11.5 Å². The Morgan fingerprint density at radius 1 is 0.963 bits per heavy atom. The molecule has 0 aliphatic heterocycles. The maximum Gasteiger partial charge on any atom is 0.315 e. The molecule has 0 saturated carbocycles. The van der Waals surface area contributed by atoms with Gasteiger partial charge in [0.2, 0.25) is 0 Å². The van der Waals surface area contributed by atoms with E-state index in [2.05, 4.69) is 5.32 Å². The zero-order valence-electron chi connectivity index (χ0n) is 15.6. The van der Waals surface area contributed by atoms with E-state index in [9.17, 15) is 14.7 Å². The number of rotatable bonds is 10. The number of nitrogens with one attached hydrogen (secondary N) is 1. The van der Waals surface area contributed by atoms with Crippen molar-refractivity contribution in [3.63, 3.8) is 0 Å². The Kier molecular flexibility index (Phi) is 7.23. The molecule has 0 aliphatic rings. The van der Waals surface area contributed by atoms with Gasteiger partial charge < -0.3 is 19.9 Å². The van der Waals surface area contributed by atoms with Crippen LogP contribution < -0.4 is 14.8 Å². The van der Waals surface area contributed by atoms with Crippen LogP contribution in [0, 0.1) is 0 Å². The van der Waals surface area contributed by atoms with Crippen molar-refractivity contribution in [3.05, 3.63) is 60.2 Å². The van der Waals surface area contributed by atoms with E-state index in [0.29, 0.717) is 30.1 Å². The third kappa shape index (κ3) is 5.00. The second-order valence-electron chi connectivity index (χ2n) is 6.05. The number of carboxylic acid groups (broad SMARTS) is 1. The van der Waals surface area contributed by atoms with Gasteiger partial charge in [-0.25, -0.2) is 0 Å². The number of ether oxygens (including phenoxy) is 2. The number of amides is 1. The molecule has 2 rings (SSSR count). The Balaban J connectivity index is 2.02. The molecule has 2 aromatic carbocycles. The van der Waals surface area contributed by atoms with Crippen molar-refractivity contribution in [2.24, 2.45) is 0 Å². The molecule has 1 unspecified atom stereocenters. The van der Waals surface area contributed by atoms with E-state index < -0.39 is 17.3 Å². The summed E-state index contributed by atoms with van der Waals surface area (Å²) in [6.07, 6.45) is 0.348. The molecular weight excluding hydrogens is 346 g/mol. The topological polar surface area (TPSA) is 84.9 Å². The highest BCUT2D eigenvalue weighted by molar-refractivity contribution is 5.84. The van der Waals surface area contributed by atoms with E-state index >= 15 is 0 Å². The third-order valence-corrected chi connectivity index (χ3v) is 4.43. The van der Waals surface area contributed by atoms with Crippen LogP contribution >= 0.6 is 0 Å². The zero-order valence-corrected chi connectivity index (χ0v) is 15.6. The number of carbonyl (C=O) groups excluding carboxylic acids is 1. The standard InChI is InChI=1S/C21H25NO5/c1-3-21(20(24)25,16-10-6-5-7-11-16)15-22-19(23)14-27-18-13-9-8-12-17(18)26-4-2/h5-13H,3-4,14-15H2,1-2H3,(H,22,23)(H,24,25). The van der Waals surface area contributed by atoms with Crippen molar-refractivity contribution < 1.29 is 24.2 Å². The molecule has 6 heteroatoms. The van der Waals surface area contributed by atoms with Gasteiger partial charge in [-0.15, -0.1) is 0 Å². The van der Waals surface area contributed by atoms with Crippen molar-refractivity contribution in [1.82, 2.24) is 5.32 Å². The summed E-state index contributed by atoms with van der Waals surface area (Å²) < 4.78 is 11.0. The first-order valence-corrected chi connectivity index (χ1v) is 8.93. The summed E-state index contributed by atoms with van der Waals surface area (Å²) in [7, 11) is 0. The fourth-order valence-corrected chi connectivity index (χ4v) is 2.83. The Labute approximate surface area is 159 Å². The van der Waals surface area contributed by atoms with Crippen molar-refractivity contribution in [2.45, 2.75) is 25.7 Å².